The molecule has 3 rings (SSSR count). The Hall–Kier alpha value is -2.24. The highest BCUT2D eigenvalue weighted by molar-refractivity contribution is 5.76. The van der Waals surface area contributed by atoms with Gasteiger partial charge in [-0.15, -0.1) is 0 Å². The van der Waals surface area contributed by atoms with Crippen molar-refractivity contribution in [2.75, 3.05) is 19.7 Å². The fraction of sp³-hybridized carbons (Fsp3) is 0.579. The average Bonchev–Trinajstić information content (AvgIpc) is 3.12. The van der Waals surface area contributed by atoms with E-state index in [0.717, 1.165) is 17.7 Å². The standard InChI is InChI=1S/C19H27N3O3/c23-18(13-14-5-1-2-6-14)20-10-11-21-19(24)22-16-9-12-25-17-8-4-3-7-15(16)17/h3-4,7-8,14,16H,1-2,5-6,9-13H2,(H,20,23)(H2,21,22,24)/t16-/m1/s1. The van der Waals surface area contributed by atoms with E-state index in [9.17, 15) is 9.59 Å². The Morgan fingerprint density at radius 3 is 2.64 bits per heavy atom. The van der Waals surface area contributed by atoms with Gasteiger partial charge in [-0.1, -0.05) is 31.0 Å². The second kappa shape index (κ2) is 8.74. The molecule has 6 heteroatoms. The zero-order valence-electron chi connectivity index (χ0n) is 14.6. The molecule has 6 nitrogen and oxygen atoms in total. The molecule has 1 aliphatic heterocycles. The van der Waals surface area contributed by atoms with E-state index < -0.39 is 0 Å². The van der Waals surface area contributed by atoms with Gasteiger partial charge in [0.25, 0.3) is 0 Å². The fourth-order valence-corrected chi connectivity index (χ4v) is 3.63. The lowest BCUT2D eigenvalue weighted by Gasteiger charge is -2.26. The van der Waals surface area contributed by atoms with Crippen LogP contribution < -0.4 is 20.7 Å². The Morgan fingerprint density at radius 1 is 1.04 bits per heavy atom. The van der Waals surface area contributed by atoms with Gasteiger partial charge in [0.1, 0.15) is 5.75 Å². The molecule has 1 heterocycles. The molecular formula is C19H27N3O3. The van der Waals surface area contributed by atoms with Crippen molar-refractivity contribution in [3.05, 3.63) is 29.8 Å². The third kappa shape index (κ3) is 5.11. The number of carbonyl (C=O) groups is 2. The van der Waals surface area contributed by atoms with Gasteiger partial charge in [0.2, 0.25) is 5.91 Å². The minimum Gasteiger partial charge on any atom is -0.493 e. The van der Waals surface area contributed by atoms with Gasteiger partial charge in [0.05, 0.1) is 12.6 Å². The van der Waals surface area contributed by atoms with E-state index in [1.807, 2.05) is 24.3 Å². The maximum absolute atomic E-state index is 12.1. The summed E-state index contributed by atoms with van der Waals surface area (Å²) in [6.45, 7) is 1.48. The third-order valence-corrected chi connectivity index (χ3v) is 4.95. The molecule has 1 aromatic carbocycles. The predicted molar refractivity (Wildman–Crippen MR) is 95.4 cm³/mol. The number of urea groups is 1. The van der Waals surface area contributed by atoms with Crippen LogP contribution in [0.1, 0.15) is 50.1 Å². The molecule has 3 amide bonds. The molecule has 25 heavy (non-hydrogen) atoms. The summed E-state index contributed by atoms with van der Waals surface area (Å²) in [5.41, 5.74) is 1.01. The Balaban J connectivity index is 1.34. The number of fused-ring (bicyclic) bond motifs is 1. The number of hydrogen-bond acceptors (Lipinski definition) is 3. The fourth-order valence-electron chi connectivity index (χ4n) is 3.63. The Kier molecular flexibility index (Phi) is 6.14. The first-order chi connectivity index (χ1) is 12.2. The van der Waals surface area contributed by atoms with Crippen LogP contribution in [0, 0.1) is 5.92 Å². The number of hydrogen-bond donors (Lipinski definition) is 3. The SMILES string of the molecule is O=C(CC1CCCC1)NCCNC(=O)N[C@@H]1CCOc2ccccc21. The zero-order valence-corrected chi connectivity index (χ0v) is 14.6. The molecule has 1 aromatic rings. The maximum Gasteiger partial charge on any atom is 0.315 e. The normalized spacial score (nSPS) is 19.6. The maximum atomic E-state index is 12.1. The molecular weight excluding hydrogens is 318 g/mol. The lowest BCUT2D eigenvalue weighted by Crippen LogP contribution is -2.42. The number of rotatable bonds is 6. The summed E-state index contributed by atoms with van der Waals surface area (Å²) >= 11 is 0. The molecule has 1 aliphatic carbocycles. The smallest absolute Gasteiger partial charge is 0.315 e. The number of nitrogens with one attached hydrogen (secondary N) is 3. The summed E-state index contributed by atoms with van der Waals surface area (Å²) in [5.74, 6) is 1.47. The summed E-state index contributed by atoms with van der Waals surface area (Å²) in [7, 11) is 0. The van der Waals surface area contributed by atoms with E-state index in [2.05, 4.69) is 16.0 Å². The van der Waals surface area contributed by atoms with Crippen molar-refractivity contribution >= 4 is 11.9 Å². The van der Waals surface area contributed by atoms with Crippen LogP contribution in [-0.4, -0.2) is 31.6 Å². The number of carbonyl (C=O) groups excluding carboxylic acids is 2. The molecule has 0 unspecified atom stereocenters. The van der Waals surface area contributed by atoms with Crippen molar-refractivity contribution in [3.8, 4) is 5.75 Å². The summed E-state index contributed by atoms with van der Waals surface area (Å²) < 4.78 is 5.60. The van der Waals surface area contributed by atoms with Crippen LogP contribution in [0.25, 0.3) is 0 Å². The molecule has 1 fully saturated rings. The van der Waals surface area contributed by atoms with E-state index in [0.29, 0.717) is 32.0 Å². The quantitative estimate of drug-likeness (QED) is 0.693. The Morgan fingerprint density at radius 2 is 1.80 bits per heavy atom. The molecule has 136 valence electrons. The van der Waals surface area contributed by atoms with Crippen LogP contribution in [0.4, 0.5) is 4.79 Å². The monoisotopic (exact) mass is 345 g/mol. The second-order valence-corrected chi connectivity index (χ2v) is 6.83. The van der Waals surface area contributed by atoms with Crippen molar-refractivity contribution in [1.29, 1.82) is 0 Å². The molecule has 0 aromatic heterocycles. The molecule has 0 radical (unpaired) electrons. The summed E-state index contributed by atoms with van der Waals surface area (Å²) in [4.78, 5) is 23.9. The molecule has 1 saturated carbocycles. The van der Waals surface area contributed by atoms with Gasteiger partial charge in [-0.25, -0.2) is 4.79 Å². The van der Waals surface area contributed by atoms with E-state index in [4.69, 9.17) is 4.74 Å². The van der Waals surface area contributed by atoms with Crippen molar-refractivity contribution in [2.24, 2.45) is 5.92 Å². The van der Waals surface area contributed by atoms with Crippen molar-refractivity contribution in [2.45, 2.75) is 44.6 Å². The van der Waals surface area contributed by atoms with Crippen molar-refractivity contribution in [1.82, 2.24) is 16.0 Å². The van der Waals surface area contributed by atoms with E-state index >= 15 is 0 Å². The van der Waals surface area contributed by atoms with Gasteiger partial charge >= 0.3 is 6.03 Å². The zero-order chi connectivity index (χ0) is 17.5. The first-order valence-electron chi connectivity index (χ1n) is 9.25. The Bertz CT molecular complexity index is 599. The molecule has 0 saturated heterocycles. The van der Waals surface area contributed by atoms with Gasteiger partial charge in [0.15, 0.2) is 0 Å². The van der Waals surface area contributed by atoms with Gasteiger partial charge in [-0.3, -0.25) is 4.79 Å². The first-order valence-corrected chi connectivity index (χ1v) is 9.25. The Labute approximate surface area is 148 Å². The molecule has 0 bridgehead atoms. The number of benzene rings is 1. The lowest BCUT2D eigenvalue weighted by atomic mass is 10.0. The summed E-state index contributed by atoms with van der Waals surface area (Å²) in [5, 5.41) is 8.67. The largest absolute Gasteiger partial charge is 0.493 e. The number of ether oxygens (including phenoxy) is 1. The summed E-state index contributed by atoms with van der Waals surface area (Å²) in [6, 6.07) is 7.51. The van der Waals surface area contributed by atoms with Gasteiger partial charge < -0.3 is 20.7 Å². The van der Waals surface area contributed by atoms with E-state index in [1.165, 1.54) is 25.7 Å². The van der Waals surface area contributed by atoms with E-state index in [1.54, 1.807) is 0 Å². The lowest BCUT2D eigenvalue weighted by molar-refractivity contribution is -0.121. The van der Waals surface area contributed by atoms with Crippen molar-refractivity contribution in [3.63, 3.8) is 0 Å². The second-order valence-electron chi connectivity index (χ2n) is 6.83. The topological polar surface area (TPSA) is 79.5 Å². The average molecular weight is 345 g/mol. The van der Waals surface area contributed by atoms with Crippen LogP contribution >= 0.6 is 0 Å². The van der Waals surface area contributed by atoms with E-state index in [-0.39, 0.29) is 18.0 Å². The minimum absolute atomic E-state index is 0.0399. The van der Waals surface area contributed by atoms with Gasteiger partial charge in [0, 0.05) is 31.5 Å². The van der Waals surface area contributed by atoms with Crippen LogP contribution in [-0.2, 0) is 4.79 Å². The number of para-hydroxylation sites is 1. The van der Waals surface area contributed by atoms with Crippen LogP contribution in [0.2, 0.25) is 0 Å². The van der Waals surface area contributed by atoms with Gasteiger partial charge in [-0.05, 0) is 24.8 Å². The third-order valence-electron chi connectivity index (χ3n) is 4.95. The molecule has 0 spiro atoms. The summed E-state index contributed by atoms with van der Waals surface area (Å²) in [6.07, 6.45) is 6.19. The van der Waals surface area contributed by atoms with Crippen LogP contribution in [0.15, 0.2) is 24.3 Å². The molecule has 1 atom stereocenters. The van der Waals surface area contributed by atoms with Gasteiger partial charge in [-0.2, -0.15) is 0 Å². The van der Waals surface area contributed by atoms with Crippen molar-refractivity contribution < 1.29 is 14.3 Å². The molecule has 3 N–H and O–H groups in total. The highest BCUT2D eigenvalue weighted by Gasteiger charge is 2.22. The number of amides is 3. The minimum atomic E-state index is -0.216. The highest BCUT2D eigenvalue weighted by Crippen LogP contribution is 2.31. The molecule has 2 aliphatic rings. The van der Waals surface area contributed by atoms with Crippen LogP contribution in [0.3, 0.4) is 0 Å². The predicted octanol–water partition coefficient (Wildman–Crippen LogP) is 2.51. The first kappa shape index (κ1) is 17.6. The highest BCUT2D eigenvalue weighted by atomic mass is 16.5. The van der Waals surface area contributed by atoms with Crippen LogP contribution in [0.5, 0.6) is 5.75 Å².